The van der Waals surface area contributed by atoms with Gasteiger partial charge in [-0.05, 0) is 55.0 Å². The number of benzene rings is 2. The largest absolute Gasteiger partial charge is 0.514 e. The molecule has 0 saturated heterocycles. The fraction of sp³-hybridized carbons (Fsp3) is 0.379. The lowest BCUT2D eigenvalue weighted by atomic mass is 10.0. The van der Waals surface area contributed by atoms with E-state index in [0.29, 0.717) is 11.3 Å². The first kappa shape index (κ1) is 38.2. The first-order chi connectivity index (χ1) is 22.7. The average molecular weight is 676 g/mol. The Kier molecular flexibility index (Phi) is 15.5. The SMILES string of the molecule is CC(C)C[C@H](NC(=O)CONC(=O)O)C(=O)N[C@@H](CCCNC(N)=O)C(=O)Nc1ccc(COC(=O)Oc2ccc([N+](=O)[O-])cc2)cc1. The number of anilines is 1. The topological polar surface area (TPSA) is 280 Å². The number of primary amides is 1. The lowest BCUT2D eigenvalue weighted by molar-refractivity contribution is -0.384. The second-order valence-electron chi connectivity index (χ2n) is 10.5. The highest BCUT2D eigenvalue weighted by molar-refractivity contribution is 5.98. The highest BCUT2D eigenvalue weighted by Crippen LogP contribution is 2.18. The van der Waals surface area contributed by atoms with Gasteiger partial charge in [-0.15, -0.1) is 0 Å². The van der Waals surface area contributed by atoms with Crippen LogP contribution < -0.4 is 37.2 Å². The van der Waals surface area contributed by atoms with Crippen LogP contribution in [0.2, 0.25) is 0 Å². The van der Waals surface area contributed by atoms with Gasteiger partial charge >= 0.3 is 18.3 Å². The van der Waals surface area contributed by atoms with Gasteiger partial charge in [0.2, 0.25) is 17.7 Å². The van der Waals surface area contributed by atoms with Crippen LogP contribution in [-0.4, -0.2) is 71.3 Å². The normalized spacial score (nSPS) is 11.7. The van der Waals surface area contributed by atoms with Crippen LogP contribution in [0.3, 0.4) is 0 Å². The van der Waals surface area contributed by atoms with Gasteiger partial charge < -0.3 is 41.6 Å². The zero-order chi connectivity index (χ0) is 35.6. The summed E-state index contributed by atoms with van der Waals surface area (Å²) in [5.74, 6) is -2.07. The molecule has 0 aliphatic rings. The lowest BCUT2D eigenvalue weighted by Crippen LogP contribution is -2.53. The summed E-state index contributed by atoms with van der Waals surface area (Å²) in [6.07, 6.45) is -2.03. The predicted octanol–water partition coefficient (Wildman–Crippen LogP) is 1.91. The number of ether oxygens (including phenoxy) is 2. The minimum absolute atomic E-state index is 0.0516. The molecule has 2 atom stereocenters. The quantitative estimate of drug-likeness (QED) is 0.0392. The number of nitrogens with zero attached hydrogens (tertiary/aromatic N) is 1. The maximum Gasteiger partial charge on any atom is 0.514 e. The molecule has 0 aliphatic carbocycles. The van der Waals surface area contributed by atoms with Gasteiger partial charge in [0.1, 0.15) is 24.4 Å². The Labute approximate surface area is 273 Å². The number of carbonyl (C=O) groups excluding carboxylic acids is 5. The number of nitro benzene ring substituents is 1. The number of hydroxylamine groups is 1. The minimum atomic E-state index is -1.51. The van der Waals surface area contributed by atoms with E-state index < -0.39 is 59.6 Å². The number of rotatable bonds is 18. The van der Waals surface area contributed by atoms with Crippen molar-refractivity contribution < 1.29 is 53.1 Å². The molecular formula is C29H37N7O12. The molecule has 0 heterocycles. The molecule has 0 radical (unpaired) electrons. The van der Waals surface area contributed by atoms with Gasteiger partial charge in [0.05, 0.1) is 4.92 Å². The number of hydrogen-bond donors (Lipinski definition) is 7. The van der Waals surface area contributed by atoms with E-state index in [2.05, 4.69) is 26.1 Å². The van der Waals surface area contributed by atoms with E-state index in [1.807, 2.05) is 13.8 Å². The van der Waals surface area contributed by atoms with Gasteiger partial charge in [0.25, 0.3) is 5.69 Å². The minimum Gasteiger partial charge on any atom is -0.464 e. The van der Waals surface area contributed by atoms with Crippen molar-refractivity contribution in [1.82, 2.24) is 21.4 Å². The number of urea groups is 1. The molecule has 0 bridgehead atoms. The van der Waals surface area contributed by atoms with Crippen LogP contribution in [0.5, 0.6) is 5.75 Å². The molecule has 0 saturated carbocycles. The van der Waals surface area contributed by atoms with Crippen LogP contribution in [0.1, 0.15) is 38.7 Å². The fourth-order valence-electron chi connectivity index (χ4n) is 3.98. The van der Waals surface area contributed by atoms with Crippen LogP contribution in [0.4, 0.5) is 25.8 Å². The van der Waals surface area contributed by atoms with E-state index in [4.69, 9.17) is 20.3 Å². The second kappa shape index (κ2) is 19.5. The Morgan fingerprint density at radius 1 is 0.938 bits per heavy atom. The lowest BCUT2D eigenvalue weighted by Gasteiger charge is -2.24. The molecule has 19 heteroatoms. The average Bonchev–Trinajstić information content (AvgIpc) is 3.01. The number of non-ortho nitro benzene ring substituents is 1. The van der Waals surface area contributed by atoms with Gasteiger partial charge in [-0.25, -0.2) is 14.4 Å². The van der Waals surface area contributed by atoms with Crippen LogP contribution in [0.25, 0.3) is 0 Å². The molecule has 6 amide bonds. The molecular weight excluding hydrogens is 638 g/mol. The van der Waals surface area contributed by atoms with Gasteiger partial charge in [-0.1, -0.05) is 26.0 Å². The van der Waals surface area contributed by atoms with Crippen LogP contribution in [0.15, 0.2) is 48.5 Å². The van der Waals surface area contributed by atoms with Crippen molar-refractivity contribution in [3.63, 3.8) is 0 Å². The number of hydrogen-bond acceptors (Lipinski definition) is 11. The molecule has 48 heavy (non-hydrogen) atoms. The van der Waals surface area contributed by atoms with E-state index in [9.17, 15) is 38.9 Å². The number of carboxylic acid groups (broad SMARTS) is 1. The number of nitrogens with one attached hydrogen (secondary N) is 5. The highest BCUT2D eigenvalue weighted by Gasteiger charge is 2.27. The smallest absolute Gasteiger partial charge is 0.464 e. The third kappa shape index (κ3) is 14.9. The van der Waals surface area contributed by atoms with Crippen molar-refractivity contribution >= 4 is 47.4 Å². The van der Waals surface area contributed by atoms with E-state index >= 15 is 0 Å². The Hall–Kier alpha value is -5.98. The summed E-state index contributed by atoms with van der Waals surface area (Å²) in [5.41, 5.74) is 7.36. The highest BCUT2D eigenvalue weighted by atomic mass is 16.7. The maximum atomic E-state index is 13.2. The first-order valence-corrected chi connectivity index (χ1v) is 14.5. The van der Waals surface area contributed by atoms with Crippen molar-refractivity contribution in [2.24, 2.45) is 11.7 Å². The van der Waals surface area contributed by atoms with Crippen molar-refractivity contribution in [2.45, 2.75) is 51.8 Å². The van der Waals surface area contributed by atoms with Gasteiger partial charge in [0.15, 0.2) is 6.61 Å². The molecule has 2 rings (SSSR count). The Bertz CT molecular complexity index is 1440. The summed E-state index contributed by atoms with van der Waals surface area (Å²) in [4.78, 5) is 87.0. The molecule has 0 unspecified atom stereocenters. The second-order valence-corrected chi connectivity index (χ2v) is 10.5. The number of nitrogens with two attached hydrogens (primary N) is 1. The van der Waals surface area contributed by atoms with Crippen molar-refractivity contribution in [3.05, 3.63) is 64.2 Å². The van der Waals surface area contributed by atoms with E-state index in [-0.39, 0.29) is 49.8 Å². The van der Waals surface area contributed by atoms with Crippen molar-refractivity contribution in [2.75, 3.05) is 18.5 Å². The molecule has 260 valence electrons. The van der Waals surface area contributed by atoms with E-state index in [0.717, 1.165) is 0 Å². The number of amides is 6. The first-order valence-electron chi connectivity index (χ1n) is 14.5. The molecule has 2 aromatic rings. The summed E-state index contributed by atoms with van der Waals surface area (Å²) in [6, 6.07) is 8.07. The monoisotopic (exact) mass is 675 g/mol. The predicted molar refractivity (Wildman–Crippen MR) is 166 cm³/mol. The third-order valence-electron chi connectivity index (χ3n) is 6.15. The summed E-state index contributed by atoms with van der Waals surface area (Å²) < 4.78 is 10.0. The molecule has 0 aliphatic heterocycles. The summed E-state index contributed by atoms with van der Waals surface area (Å²) in [7, 11) is 0. The molecule has 2 aromatic carbocycles. The molecule has 0 aromatic heterocycles. The zero-order valence-corrected chi connectivity index (χ0v) is 26.1. The molecule has 19 nitrogen and oxygen atoms in total. The zero-order valence-electron chi connectivity index (χ0n) is 26.1. The number of nitro groups is 1. The summed E-state index contributed by atoms with van der Waals surface area (Å²) in [5, 5.41) is 29.5. The Morgan fingerprint density at radius 2 is 1.60 bits per heavy atom. The van der Waals surface area contributed by atoms with Crippen LogP contribution >= 0.6 is 0 Å². The van der Waals surface area contributed by atoms with Gasteiger partial charge in [-0.2, -0.15) is 5.48 Å². The molecule has 8 N–H and O–H groups in total. The van der Waals surface area contributed by atoms with Crippen molar-refractivity contribution in [1.29, 1.82) is 0 Å². The summed E-state index contributed by atoms with van der Waals surface area (Å²) in [6.45, 7) is 2.86. The molecule has 0 fully saturated rings. The van der Waals surface area contributed by atoms with Crippen LogP contribution in [-0.2, 0) is 30.6 Å². The molecule has 0 spiro atoms. The third-order valence-corrected chi connectivity index (χ3v) is 6.15. The number of carbonyl (C=O) groups is 6. The summed E-state index contributed by atoms with van der Waals surface area (Å²) >= 11 is 0. The Balaban J connectivity index is 2.02. The Morgan fingerprint density at radius 3 is 2.19 bits per heavy atom. The van der Waals surface area contributed by atoms with Crippen LogP contribution in [0, 0.1) is 16.0 Å². The standard InChI is InChI=1S/C29H37N7O12/c1-17(2)14-23(33-24(37)16-47-35-28(41)42)26(39)34-22(4-3-13-31-27(30)40)25(38)32-19-7-5-18(6-8-19)15-46-29(43)48-21-11-9-20(10-12-21)36(44)45/h5-12,17,22-23,35H,3-4,13-16H2,1-2H3,(H,32,38)(H,33,37)(H,34,39)(H,41,42)(H3,30,31,40)/t22-,23-/m0/s1. The van der Waals surface area contributed by atoms with Gasteiger partial charge in [-0.3, -0.25) is 29.3 Å². The van der Waals surface area contributed by atoms with Crippen molar-refractivity contribution in [3.8, 4) is 5.75 Å². The van der Waals surface area contributed by atoms with E-state index in [1.165, 1.54) is 36.4 Å². The maximum absolute atomic E-state index is 13.2. The van der Waals surface area contributed by atoms with E-state index in [1.54, 1.807) is 17.6 Å². The van der Waals surface area contributed by atoms with Gasteiger partial charge in [0, 0.05) is 24.4 Å². The fourth-order valence-corrected chi connectivity index (χ4v) is 3.98.